The van der Waals surface area contributed by atoms with Crippen LogP contribution in [0.3, 0.4) is 0 Å². The predicted octanol–water partition coefficient (Wildman–Crippen LogP) is 1.81. The van der Waals surface area contributed by atoms with Crippen molar-refractivity contribution in [3.63, 3.8) is 0 Å². The first-order chi connectivity index (χ1) is 11.1. The first-order valence-corrected chi connectivity index (χ1v) is 7.40. The molecule has 2 N–H and O–H groups in total. The van der Waals surface area contributed by atoms with E-state index in [1.807, 2.05) is 30.3 Å². The zero-order chi connectivity index (χ0) is 16.9. The summed E-state index contributed by atoms with van der Waals surface area (Å²) in [6, 6.07) is 8.11. The Morgan fingerprint density at radius 3 is 2.57 bits per heavy atom. The van der Waals surface area contributed by atoms with Crippen LogP contribution in [0.2, 0.25) is 0 Å². The molecule has 7 nitrogen and oxygen atoms in total. The van der Waals surface area contributed by atoms with Crippen molar-refractivity contribution < 1.29 is 28.9 Å². The number of amides is 1. The standard InChI is InChI=1S/C16H23NO6/c1-21-9-5-10-22-11-8-14(15(18)19)17-16(20)23-12-13-6-3-2-4-7-13/h2-4,6-7,14H,5,8-12H2,1H3,(H,17,20)(H,18,19). The zero-order valence-electron chi connectivity index (χ0n) is 13.2. The maximum Gasteiger partial charge on any atom is 0.408 e. The number of alkyl carbamates (subject to hydrolysis) is 1. The van der Waals surface area contributed by atoms with Crippen molar-refractivity contribution in [2.45, 2.75) is 25.5 Å². The monoisotopic (exact) mass is 325 g/mol. The third-order valence-corrected chi connectivity index (χ3v) is 2.99. The lowest BCUT2D eigenvalue weighted by molar-refractivity contribution is -0.139. The summed E-state index contributed by atoms with van der Waals surface area (Å²) in [4.78, 5) is 22.8. The maximum atomic E-state index is 11.7. The number of nitrogens with one attached hydrogen (secondary N) is 1. The Bertz CT molecular complexity index is 465. The number of hydrogen-bond acceptors (Lipinski definition) is 5. The molecule has 0 aliphatic carbocycles. The van der Waals surface area contributed by atoms with Gasteiger partial charge in [0.1, 0.15) is 12.6 Å². The van der Waals surface area contributed by atoms with Gasteiger partial charge in [0, 0.05) is 33.4 Å². The van der Waals surface area contributed by atoms with Gasteiger partial charge in [-0.05, 0) is 12.0 Å². The van der Waals surface area contributed by atoms with E-state index in [4.69, 9.17) is 19.3 Å². The molecule has 0 saturated carbocycles. The van der Waals surface area contributed by atoms with Crippen molar-refractivity contribution in [2.24, 2.45) is 0 Å². The number of aliphatic carboxylic acids is 1. The molecule has 0 saturated heterocycles. The Labute approximate surface area is 135 Å². The summed E-state index contributed by atoms with van der Waals surface area (Å²) >= 11 is 0. The lowest BCUT2D eigenvalue weighted by Gasteiger charge is -2.14. The summed E-state index contributed by atoms with van der Waals surface area (Å²) in [5.41, 5.74) is 0.830. The second-order valence-corrected chi connectivity index (χ2v) is 4.84. The number of benzene rings is 1. The van der Waals surface area contributed by atoms with Crippen LogP contribution < -0.4 is 5.32 Å². The van der Waals surface area contributed by atoms with Crippen LogP contribution in [-0.4, -0.2) is 50.1 Å². The topological polar surface area (TPSA) is 94.1 Å². The van der Waals surface area contributed by atoms with Gasteiger partial charge in [0.05, 0.1) is 0 Å². The van der Waals surface area contributed by atoms with Crippen LogP contribution in [0.25, 0.3) is 0 Å². The smallest absolute Gasteiger partial charge is 0.408 e. The number of carboxylic acid groups (broad SMARTS) is 1. The quantitative estimate of drug-likeness (QED) is 0.603. The summed E-state index contributed by atoms with van der Waals surface area (Å²) < 4.78 is 15.2. The summed E-state index contributed by atoms with van der Waals surface area (Å²) in [7, 11) is 1.60. The zero-order valence-corrected chi connectivity index (χ0v) is 13.2. The highest BCUT2D eigenvalue weighted by Gasteiger charge is 2.20. The van der Waals surface area contributed by atoms with E-state index in [0.29, 0.717) is 13.2 Å². The second-order valence-electron chi connectivity index (χ2n) is 4.84. The summed E-state index contributed by atoms with van der Waals surface area (Å²) in [6.45, 7) is 1.40. The molecule has 0 heterocycles. The highest BCUT2D eigenvalue weighted by atomic mass is 16.5. The fourth-order valence-corrected chi connectivity index (χ4v) is 1.77. The number of rotatable bonds is 11. The Morgan fingerprint density at radius 2 is 1.91 bits per heavy atom. The number of carbonyl (C=O) groups excluding carboxylic acids is 1. The van der Waals surface area contributed by atoms with Crippen molar-refractivity contribution in [1.29, 1.82) is 0 Å². The van der Waals surface area contributed by atoms with Gasteiger partial charge in [0.2, 0.25) is 0 Å². The average Bonchev–Trinajstić information content (AvgIpc) is 2.55. The molecule has 0 radical (unpaired) electrons. The lowest BCUT2D eigenvalue weighted by Crippen LogP contribution is -2.41. The van der Waals surface area contributed by atoms with E-state index in [1.165, 1.54) is 0 Å². The van der Waals surface area contributed by atoms with Gasteiger partial charge in [-0.2, -0.15) is 0 Å². The van der Waals surface area contributed by atoms with Gasteiger partial charge in [-0.1, -0.05) is 30.3 Å². The van der Waals surface area contributed by atoms with E-state index in [1.54, 1.807) is 7.11 Å². The van der Waals surface area contributed by atoms with Gasteiger partial charge in [0.15, 0.2) is 0 Å². The third kappa shape index (κ3) is 8.80. The molecule has 0 aliphatic heterocycles. The molecule has 1 atom stereocenters. The van der Waals surface area contributed by atoms with E-state index in [-0.39, 0.29) is 19.6 Å². The number of carbonyl (C=O) groups is 2. The minimum absolute atomic E-state index is 0.0898. The Kier molecular flexibility index (Phi) is 9.42. The van der Waals surface area contributed by atoms with Gasteiger partial charge in [-0.15, -0.1) is 0 Å². The van der Waals surface area contributed by atoms with Crippen LogP contribution >= 0.6 is 0 Å². The van der Waals surface area contributed by atoms with Crippen LogP contribution in [-0.2, 0) is 25.6 Å². The van der Waals surface area contributed by atoms with Gasteiger partial charge < -0.3 is 24.6 Å². The maximum absolute atomic E-state index is 11.7. The fraction of sp³-hybridized carbons (Fsp3) is 0.500. The minimum Gasteiger partial charge on any atom is -0.480 e. The third-order valence-electron chi connectivity index (χ3n) is 2.99. The van der Waals surface area contributed by atoms with Gasteiger partial charge >= 0.3 is 12.1 Å². The molecule has 1 rings (SSSR count). The molecule has 128 valence electrons. The number of hydrogen-bond donors (Lipinski definition) is 2. The fourth-order valence-electron chi connectivity index (χ4n) is 1.77. The van der Waals surface area contributed by atoms with E-state index in [2.05, 4.69) is 5.32 Å². The van der Waals surface area contributed by atoms with E-state index >= 15 is 0 Å². The number of ether oxygens (including phenoxy) is 3. The van der Waals surface area contributed by atoms with Crippen LogP contribution in [0, 0.1) is 0 Å². The van der Waals surface area contributed by atoms with Crippen molar-refractivity contribution in [1.82, 2.24) is 5.32 Å². The van der Waals surface area contributed by atoms with E-state index < -0.39 is 18.1 Å². The first kappa shape index (κ1) is 18.9. The SMILES string of the molecule is COCCCOCCC(NC(=O)OCc1ccccc1)C(=O)O. The van der Waals surface area contributed by atoms with Gasteiger partial charge in [-0.3, -0.25) is 0 Å². The minimum atomic E-state index is -1.12. The molecule has 1 amide bonds. The lowest BCUT2D eigenvalue weighted by atomic mass is 10.2. The Morgan fingerprint density at radius 1 is 1.17 bits per heavy atom. The molecule has 0 spiro atoms. The molecule has 0 fully saturated rings. The molecule has 1 aromatic rings. The second kappa shape index (κ2) is 11.4. The summed E-state index contributed by atoms with van der Waals surface area (Å²) in [6.07, 6.45) is 0.143. The van der Waals surface area contributed by atoms with Crippen LogP contribution in [0.15, 0.2) is 30.3 Å². The van der Waals surface area contributed by atoms with Crippen molar-refractivity contribution in [3.05, 3.63) is 35.9 Å². The van der Waals surface area contributed by atoms with Crippen LogP contribution in [0.1, 0.15) is 18.4 Å². The molecule has 0 bridgehead atoms. The largest absolute Gasteiger partial charge is 0.480 e. The van der Waals surface area contributed by atoms with Gasteiger partial charge in [-0.25, -0.2) is 9.59 Å². The van der Waals surface area contributed by atoms with Crippen molar-refractivity contribution >= 4 is 12.1 Å². The Hall–Kier alpha value is -2.12. The first-order valence-electron chi connectivity index (χ1n) is 7.40. The molecule has 1 aromatic carbocycles. The summed E-state index contributed by atoms with van der Waals surface area (Å²) in [5, 5.41) is 11.4. The highest BCUT2D eigenvalue weighted by Crippen LogP contribution is 2.02. The molecule has 7 heteroatoms. The van der Waals surface area contributed by atoms with Crippen molar-refractivity contribution in [2.75, 3.05) is 26.9 Å². The van der Waals surface area contributed by atoms with E-state index in [0.717, 1.165) is 12.0 Å². The van der Waals surface area contributed by atoms with Gasteiger partial charge in [0.25, 0.3) is 0 Å². The molecule has 1 unspecified atom stereocenters. The number of carboxylic acids is 1. The molecule has 23 heavy (non-hydrogen) atoms. The van der Waals surface area contributed by atoms with Crippen LogP contribution in [0.5, 0.6) is 0 Å². The molecular formula is C16H23NO6. The predicted molar refractivity (Wildman–Crippen MR) is 83.1 cm³/mol. The molecular weight excluding hydrogens is 302 g/mol. The molecule has 0 aromatic heterocycles. The molecule has 0 aliphatic rings. The normalized spacial score (nSPS) is 11.7. The Balaban J connectivity index is 2.25. The highest BCUT2D eigenvalue weighted by molar-refractivity contribution is 5.79. The van der Waals surface area contributed by atoms with Crippen LogP contribution in [0.4, 0.5) is 4.79 Å². The van der Waals surface area contributed by atoms with Crippen molar-refractivity contribution in [3.8, 4) is 0 Å². The summed E-state index contributed by atoms with van der Waals surface area (Å²) in [5.74, 6) is -1.12. The van der Waals surface area contributed by atoms with E-state index in [9.17, 15) is 9.59 Å². The average molecular weight is 325 g/mol. The number of methoxy groups -OCH3 is 1.